The molecule has 0 aromatic heterocycles. The standard InChI is InChI=1S/C17H27FO/c18-13-3-1-2-4-14-5-7-15(8-6-14)16-9-11-17(19)12-10-16/h1-3,13-17,19H,4-12H2. The maximum Gasteiger partial charge on any atom is 0.0866 e. The second kappa shape index (κ2) is 7.84. The van der Waals surface area contributed by atoms with Crippen molar-refractivity contribution in [3.05, 3.63) is 24.6 Å². The smallest absolute Gasteiger partial charge is 0.0866 e. The first-order chi connectivity index (χ1) is 9.29. The Hall–Kier alpha value is -0.630. The summed E-state index contributed by atoms with van der Waals surface area (Å²) in [6.45, 7) is 0. The van der Waals surface area contributed by atoms with E-state index in [1.165, 1.54) is 44.6 Å². The number of halogens is 1. The van der Waals surface area contributed by atoms with E-state index in [0.717, 1.165) is 37.0 Å². The van der Waals surface area contributed by atoms with Crippen LogP contribution in [0.1, 0.15) is 57.8 Å². The maximum atomic E-state index is 11.8. The normalized spacial score (nSPS) is 37.2. The van der Waals surface area contributed by atoms with Gasteiger partial charge in [0.1, 0.15) is 0 Å². The first-order valence-electron chi connectivity index (χ1n) is 7.89. The van der Waals surface area contributed by atoms with Gasteiger partial charge in [0.25, 0.3) is 0 Å². The first kappa shape index (κ1) is 14.8. The Morgan fingerprint density at radius 1 is 0.842 bits per heavy atom. The highest BCUT2D eigenvalue weighted by atomic mass is 19.1. The Bertz CT molecular complexity index is 294. The minimum Gasteiger partial charge on any atom is -0.393 e. The molecule has 0 unspecified atom stereocenters. The van der Waals surface area contributed by atoms with Crippen molar-refractivity contribution >= 4 is 0 Å². The fourth-order valence-corrected chi connectivity index (χ4v) is 3.86. The second-order valence-corrected chi connectivity index (χ2v) is 6.33. The molecule has 0 spiro atoms. The molecule has 0 aromatic carbocycles. The largest absolute Gasteiger partial charge is 0.393 e. The fourth-order valence-electron chi connectivity index (χ4n) is 3.86. The average Bonchev–Trinajstić information content (AvgIpc) is 2.45. The lowest BCUT2D eigenvalue weighted by atomic mass is 9.70. The number of rotatable bonds is 4. The predicted molar refractivity (Wildman–Crippen MR) is 77.4 cm³/mol. The molecule has 2 saturated carbocycles. The van der Waals surface area contributed by atoms with E-state index in [4.69, 9.17) is 0 Å². The zero-order valence-corrected chi connectivity index (χ0v) is 11.8. The highest BCUT2D eigenvalue weighted by molar-refractivity contribution is 5.00. The lowest BCUT2D eigenvalue weighted by Crippen LogP contribution is -2.27. The molecule has 0 saturated heterocycles. The molecule has 2 aliphatic carbocycles. The van der Waals surface area contributed by atoms with Gasteiger partial charge in [0, 0.05) is 0 Å². The molecule has 108 valence electrons. The fraction of sp³-hybridized carbons (Fsp3) is 0.765. The summed E-state index contributed by atoms with van der Waals surface area (Å²) in [7, 11) is 0. The van der Waals surface area contributed by atoms with Gasteiger partial charge in [-0.2, -0.15) is 0 Å². The van der Waals surface area contributed by atoms with E-state index in [0.29, 0.717) is 6.33 Å². The van der Waals surface area contributed by atoms with Crippen LogP contribution in [-0.4, -0.2) is 11.2 Å². The number of aliphatic hydroxyl groups excluding tert-OH is 1. The molecule has 0 aromatic rings. The Balaban J connectivity index is 1.67. The van der Waals surface area contributed by atoms with Gasteiger partial charge < -0.3 is 5.11 Å². The minimum atomic E-state index is -0.0266. The topological polar surface area (TPSA) is 20.2 Å². The first-order valence-corrected chi connectivity index (χ1v) is 7.89. The summed E-state index contributed by atoms with van der Waals surface area (Å²) in [5.74, 6) is 2.57. The molecule has 0 heterocycles. The average molecular weight is 266 g/mol. The minimum absolute atomic E-state index is 0.0266. The zero-order chi connectivity index (χ0) is 13.5. The van der Waals surface area contributed by atoms with E-state index in [-0.39, 0.29) is 6.10 Å². The van der Waals surface area contributed by atoms with E-state index < -0.39 is 0 Å². The van der Waals surface area contributed by atoms with Crippen molar-refractivity contribution in [2.45, 2.75) is 63.9 Å². The van der Waals surface area contributed by atoms with Crippen LogP contribution in [0.15, 0.2) is 24.6 Å². The summed E-state index contributed by atoms with van der Waals surface area (Å²) >= 11 is 0. The van der Waals surface area contributed by atoms with Gasteiger partial charge in [-0.3, -0.25) is 0 Å². The van der Waals surface area contributed by atoms with Crippen molar-refractivity contribution in [3.63, 3.8) is 0 Å². The summed E-state index contributed by atoms with van der Waals surface area (Å²) in [6.07, 6.45) is 16.9. The van der Waals surface area contributed by atoms with Gasteiger partial charge in [0.2, 0.25) is 0 Å². The number of allylic oxidation sites excluding steroid dienone is 3. The summed E-state index contributed by atoms with van der Waals surface area (Å²) in [5, 5.41) is 9.57. The van der Waals surface area contributed by atoms with E-state index in [1.54, 1.807) is 0 Å². The Morgan fingerprint density at radius 3 is 2.00 bits per heavy atom. The third-order valence-corrected chi connectivity index (χ3v) is 5.09. The van der Waals surface area contributed by atoms with E-state index in [1.807, 2.05) is 6.08 Å². The van der Waals surface area contributed by atoms with Crippen molar-refractivity contribution in [2.75, 3.05) is 0 Å². The Kier molecular flexibility index (Phi) is 6.09. The molecule has 2 rings (SSSR count). The van der Waals surface area contributed by atoms with Gasteiger partial charge in [0.15, 0.2) is 0 Å². The van der Waals surface area contributed by atoms with Crippen molar-refractivity contribution in [3.8, 4) is 0 Å². The van der Waals surface area contributed by atoms with Gasteiger partial charge in [-0.25, -0.2) is 4.39 Å². The lowest BCUT2D eigenvalue weighted by Gasteiger charge is -2.36. The van der Waals surface area contributed by atoms with Gasteiger partial charge in [-0.15, -0.1) is 0 Å². The van der Waals surface area contributed by atoms with E-state index >= 15 is 0 Å². The lowest BCUT2D eigenvalue weighted by molar-refractivity contribution is 0.0772. The van der Waals surface area contributed by atoms with Crippen LogP contribution < -0.4 is 0 Å². The summed E-state index contributed by atoms with van der Waals surface area (Å²) in [5.41, 5.74) is 0. The van der Waals surface area contributed by atoms with Crippen LogP contribution in [-0.2, 0) is 0 Å². The quantitative estimate of drug-likeness (QED) is 0.726. The van der Waals surface area contributed by atoms with Crippen LogP contribution in [0.2, 0.25) is 0 Å². The summed E-state index contributed by atoms with van der Waals surface area (Å²) in [4.78, 5) is 0. The molecule has 0 atom stereocenters. The van der Waals surface area contributed by atoms with Crippen molar-refractivity contribution in [1.29, 1.82) is 0 Å². The van der Waals surface area contributed by atoms with Crippen LogP contribution in [0.3, 0.4) is 0 Å². The summed E-state index contributed by atoms with van der Waals surface area (Å²) in [6, 6.07) is 0. The molecule has 1 nitrogen and oxygen atoms in total. The van der Waals surface area contributed by atoms with Crippen molar-refractivity contribution < 1.29 is 9.50 Å². The third kappa shape index (κ3) is 4.76. The van der Waals surface area contributed by atoms with Gasteiger partial charge in [-0.1, -0.05) is 12.2 Å². The molecule has 1 N–H and O–H groups in total. The molecule has 0 bridgehead atoms. The molecule has 0 radical (unpaired) electrons. The Morgan fingerprint density at radius 2 is 1.42 bits per heavy atom. The van der Waals surface area contributed by atoms with E-state index in [2.05, 4.69) is 6.08 Å². The molecule has 19 heavy (non-hydrogen) atoms. The van der Waals surface area contributed by atoms with Crippen LogP contribution in [0.5, 0.6) is 0 Å². The highest BCUT2D eigenvalue weighted by Crippen LogP contribution is 2.40. The van der Waals surface area contributed by atoms with Gasteiger partial charge >= 0.3 is 0 Å². The van der Waals surface area contributed by atoms with Crippen LogP contribution in [0.25, 0.3) is 0 Å². The van der Waals surface area contributed by atoms with Crippen LogP contribution in [0, 0.1) is 17.8 Å². The third-order valence-electron chi connectivity index (χ3n) is 5.09. The number of hydrogen-bond acceptors (Lipinski definition) is 1. The summed E-state index contributed by atoms with van der Waals surface area (Å²) < 4.78 is 11.8. The highest BCUT2D eigenvalue weighted by Gasteiger charge is 2.29. The van der Waals surface area contributed by atoms with Gasteiger partial charge in [0.05, 0.1) is 12.4 Å². The molecular weight excluding hydrogens is 239 g/mol. The van der Waals surface area contributed by atoms with Crippen LogP contribution >= 0.6 is 0 Å². The number of aliphatic hydroxyl groups is 1. The van der Waals surface area contributed by atoms with E-state index in [9.17, 15) is 9.50 Å². The predicted octanol–water partition coefficient (Wildman–Crippen LogP) is 4.77. The molecule has 2 aliphatic rings. The monoisotopic (exact) mass is 266 g/mol. The zero-order valence-electron chi connectivity index (χ0n) is 11.8. The Labute approximate surface area is 116 Å². The van der Waals surface area contributed by atoms with Crippen molar-refractivity contribution in [1.82, 2.24) is 0 Å². The SMILES string of the molecule is OC1CCC(C2CCC(CC=CC=CF)CC2)CC1. The van der Waals surface area contributed by atoms with Crippen molar-refractivity contribution in [2.24, 2.45) is 17.8 Å². The molecule has 2 heteroatoms. The van der Waals surface area contributed by atoms with Crippen LogP contribution in [0.4, 0.5) is 4.39 Å². The van der Waals surface area contributed by atoms with Gasteiger partial charge in [-0.05, 0) is 81.6 Å². The maximum absolute atomic E-state index is 11.8. The molecule has 0 aliphatic heterocycles. The molecule has 0 amide bonds. The second-order valence-electron chi connectivity index (χ2n) is 6.33. The molecule has 2 fully saturated rings. The molecular formula is C17H27FO. The number of hydrogen-bond donors (Lipinski definition) is 1.